The maximum atomic E-state index is 12.0. The van der Waals surface area contributed by atoms with E-state index in [9.17, 15) is 4.79 Å². The number of pyridine rings is 1. The Morgan fingerprint density at radius 1 is 1.36 bits per heavy atom. The normalized spacial score (nSPS) is 9.95. The van der Waals surface area contributed by atoms with Gasteiger partial charge in [-0.15, -0.1) is 0 Å². The SMILES string of the molecule is COc1cc(Cl)nc(NC(=S)NC(=O)c2cccnc2Cl)n1. The molecule has 10 heteroatoms. The van der Waals surface area contributed by atoms with Gasteiger partial charge in [0.05, 0.1) is 12.7 Å². The molecule has 0 aromatic carbocycles. The Balaban J connectivity index is 2.06. The maximum Gasteiger partial charge on any atom is 0.260 e. The number of rotatable bonds is 3. The van der Waals surface area contributed by atoms with Gasteiger partial charge in [-0.2, -0.15) is 4.98 Å². The lowest BCUT2D eigenvalue weighted by Crippen LogP contribution is -2.34. The molecule has 0 atom stereocenters. The molecule has 1 amide bonds. The fourth-order valence-corrected chi connectivity index (χ4v) is 1.98. The summed E-state index contributed by atoms with van der Waals surface area (Å²) in [5, 5.41) is 5.28. The van der Waals surface area contributed by atoms with Gasteiger partial charge in [0.25, 0.3) is 5.91 Å². The Labute approximate surface area is 141 Å². The van der Waals surface area contributed by atoms with Gasteiger partial charge >= 0.3 is 0 Å². The van der Waals surface area contributed by atoms with Crippen molar-refractivity contribution in [3.8, 4) is 5.88 Å². The van der Waals surface area contributed by atoms with E-state index in [2.05, 4.69) is 25.6 Å². The number of nitrogens with one attached hydrogen (secondary N) is 2. The van der Waals surface area contributed by atoms with Crippen LogP contribution >= 0.6 is 35.4 Å². The van der Waals surface area contributed by atoms with Crippen molar-refractivity contribution in [1.29, 1.82) is 0 Å². The number of carbonyl (C=O) groups is 1. The minimum atomic E-state index is -0.510. The number of nitrogens with zero attached hydrogens (tertiary/aromatic N) is 3. The minimum absolute atomic E-state index is 0.0192. The zero-order valence-electron chi connectivity index (χ0n) is 11.1. The molecule has 0 saturated carbocycles. The number of carbonyl (C=O) groups excluding carboxylic acids is 1. The molecule has 0 fully saturated rings. The predicted octanol–water partition coefficient (Wildman–Crippen LogP) is 2.31. The molecule has 2 aromatic heterocycles. The van der Waals surface area contributed by atoms with Crippen molar-refractivity contribution in [3.05, 3.63) is 40.3 Å². The van der Waals surface area contributed by atoms with Crippen LogP contribution in [0, 0.1) is 0 Å². The van der Waals surface area contributed by atoms with Crippen LogP contribution in [-0.2, 0) is 0 Å². The molecule has 0 aliphatic carbocycles. The van der Waals surface area contributed by atoms with Gasteiger partial charge < -0.3 is 10.1 Å². The molecule has 0 bridgehead atoms. The van der Waals surface area contributed by atoms with E-state index in [1.807, 2.05) is 0 Å². The minimum Gasteiger partial charge on any atom is -0.481 e. The van der Waals surface area contributed by atoms with Crippen molar-refractivity contribution in [2.75, 3.05) is 12.4 Å². The molecule has 0 unspecified atom stereocenters. The Kier molecular flexibility index (Phi) is 5.42. The van der Waals surface area contributed by atoms with Crippen molar-refractivity contribution >= 4 is 52.4 Å². The molecule has 114 valence electrons. The van der Waals surface area contributed by atoms with E-state index in [0.717, 1.165) is 0 Å². The van der Waals surface area contributed by atoms with Gasteiger partial charge in [-0.3, -0.25) is 10.1 Å². The predicted molar refractivity (Wildman–Crippen MR) is 86.5 cm³/mol. The summed E-state index contributed by atoms with van der Waals surface area (Å²) in [6, 6.07) is 4.54. The van der Waals surface area contributed by atoms with Crippen molar-refractivity contribution in [2.24, 2.45) is 0 Å². The summed E-state index contributed by atoms with van der Waals surface area (Å²) >= 11 is 16.6. The van der Waals surface area contributed by atoms with Gasteiger partial charge in [-0.1, -0.05) is 23.2 Å². The number of amides is 1. The second-order valence-corrected chi connectivity index (χ2v) is 4.96. The summed E-state index contributed by atoms with van der Waals surface area (Å²) in [5.74, 6) is -0.163. The Morgan fingerprint density at radius 2 is 2.14 bits per heavy atom. The Hall–Kier alpha value is -2.03. The van der Waals surface area contributed by atoms with Crippen LogP contribution in [0.5, 0.6) is 5.88 Å². The maximum absolute atomic E-state index is 12.0. The van der Waals surface area contributed by atoms with Crippen LogP contribution in [0.1, 0.15) is 10.4 Å². The topological polar surface area (TPSA) is 89.0 Å². The quantitative estimate of drug-likeness (QED) is 0.494. The first-order valence-electron chi connectivity index (χ1n) is 5.81. The number of hydrogen-bond acceptors (Lipinski definition) is 6. The molecule has 0 spiro atoms. The lowest BCUT2D eigenvalue weighted by Gasteiger charge is -2.09. The summed E-state index contributed by atoms with van der Waals surface area (Å²) < 4.78 is 4.95. The second kappa shape index (κ2) is 7.30. The van der Waals surface area contributed by atoms with Crippen LogP contribution in [0.3, 0.4) is 0 Å². The van der Waals surface area contributed by atoms with Crippen molar-refractivity contribution in [3.63, 3.8) is 0 Å². The third-order valence-corrected chi connectivity index (χ3v) is 3.04. The van der Waals surface area contributed by atoms with E-state index in [4.69, 9.17) is 40.2 Å². The van der Waals surface area contributed by atoms with Crippen molar-refractivity contribution in [1.82, 2.24) is 20.3 Å². The lowest BCUT2D eigenvalue weighted by molar-refractivity contribution is 0.0977. The number of ether oxygens (including phenoxy) is 1. The van der Waals surface area contributed by atoms with Gasteiger partial charge in [0.15, 0.2) is 5.11 Å². The van der Waals surface area contributed by atoms with Gasteiger partial charge in [0, 0.05) is 12.3 Å². The van der Waals surface area contributed by atoms with Gasteiger partial charge in [-0.25, -0.2) is 9.97 Å². The van der Waals surface area contributed by atoms with Crippen LogP contribution < -0.4 is 15.4 Å². The molecule has 2 aromatic rings. The molecule has 0 aliphatic rings. The highest BCUT2D eigenvalue weighted by Gasteiger charge is 2.13. The van der Waals surface area contributed by atoms with Gasteiger partial charge in [0.1, 0.15) is 10.3 Å². The first kappa shape index (κ1) is 16.3. The first-order valence-corrected chi connectivity index (χ1v) is 6.97. The average Bonchev–Trinajstić information content (AvgIpc) is 2.46. The van der Waals surface area contributed by atoms with Gasteiger partial charge in [0.2, 0.25) is 11.8 Å². The largest absolute Gasteiger partial charge is 0.481 e. The smallest absolute Gasteiger partial charge is 0.260 e. The van der Waals surface area contributed by atoms with Crippen LogP contribution in [0.2, 0.25) is 10.3 Å². The molecule has 2 heterocycles. The zero-order valence-corrected chi connectivity index (χ0v) is 13.5. The summed E-state index contributed by atoms with van der Waals surface area (Å²) in [4.78, 5) is 23.7. The molecular formula is C12H9Cl2N5O2S. The number of aromatic nitrogens is 3. The summed E-state index contributed by atoms with van der Waals surface area (Å²) in [7, 11) is 1.44. The monoisotopic (exact) mass is 357 g/mol. The average molecular weight is 358 g/mol. The molecule has 2 N–H and O–H groups in total. The molecule has 7 nitrogen and oxygen atoms in total. The van der Waals surface area contributed by atoms with Crippen LogP contribution in [0.25, 0.3) is 0 Å². The summed E-state index contributed by atoms with van der Waals surface area (Å²) in [5.41, 5.74) is 0.193. The van der Waals surface area contributed by atoms with Crippen LogP contribution in [0.4, 0.5) is 5.95 Å². The molecular weight excluding hydrogens is 349 g/mol. The zero-order chi connectivity index (χ0) is 16.1. The number of thiocarbonyl (C=S) groups is 1. The molecule has 0 saturated heterocycles. The van der Waals surface area contributed by atoms with Crippen LogP contribution in [0.15, 0.2) is 24.4 Å². The fourth-order valence-electron chi connectivity index (χ4n) is 1.42. The first-order chi connectivity index (χ1) is 10.5. The second-order valence-electron chi connectivity index (χ2n) is 3.81. The van der Waals surface area contributed by atoms with Crippen molar-refractivity contribution in [2.45, 2.75) is 0 Å². The molecule has 22 heavy (non-hydrogen) atoms. The Bertz CT molecular complexity index is 728. The van der Waals surface area contributed by atoms with E-state index in [-0.39, 0.29) is 32.8 Å². The highest BCUT2D eigenvalue weighted by molar-refractivity contribution is 7.80. The molecule has 2 rings (SSSR count). The van der Waals surface area contributed by atoms with Gasteiger partial charge in [-0.05, 0) is 24.4 Å². The molecule has 0 radical (unpaired) electrons. The van der Waals surface area contributed by atoms with E-state index in [1.54, 1.807) is 6.07 Å². The standard InChI is InChI=1S/C12H9Cl2N5O2S/c1-21-8-5-7(13)16-11(17-8)19-12(22)18-10(20)6-3-2-4-15-9(6)14/h2-5H,1H3,(H2,16,17,18,19,20,22). The fraction of sp³-hybridized carbons (Fsp3) is 0.0833. The van der Waals surface area contributed by atoms with E-state index in [0.29, 0.717) is 0 Å². The Morgan fingerprint density at radius 3 is 2.82 bits per heavy atom. The third kappa shape index (κ3) is 4.23. The highest BCUT2D eigenvalue weighted by Crippen LogP contribution is 2.16. The molecule has 0 aliphatic heterocycles. The summed E-state index contributed by atoms with van der Waals surface area (Å²) in [6.07, 6.45) is 1.47. The van der Waals surface area contributed by atoms with E-state index in [1.165, 1.54) is 25.4 Å². The summed E-state index contributed by atoms with van der Waals surface area (Å²) in [6.45, 7) is 0. The third-order valence-electron chi connectivity index (χ3n) is 2.34. The van der Waals surface area contributed by atoms with Crippen LogP contribution in [-0.4, -0.2) is 33.1 Å². The lowest BCUT2D eigenvalue weighted by atomic mass is 10.3. The number of anilines is 1. The number of hydrogen-bond donors (Lipinski definition) is 2. The number of halogens is 2. The number of methoxy groups -OCH3 is 1. The highest BCUT2D eigenvalue weighted by atomic mass is 35.5. The van der Waals surface area contributed by atoms with Crippen molar-refractivity contribution < 1.29 is 9.53 Å². The van der Waals surface area contributed by atoms with E-state index < -0.39 is 5.91 Å². The van der Waals surface area contributed by atoms with E-state index >= 15 is 0 Å².